The molecule has 0 bridgehead atoms. The Balaban J connectivity index is 1.95. The van der Waals surface area contributed by atoms with Crippen LogP contribution in [0.5, 0.6) is 0 Å². The highest BCUT2D eigenvalue weighted by molar-refractivity contribution is 8.01. The summed E-state index contributed by atoms with van der Waals surface area (Å²) in [6, 6.07) is 7.61. The Bertz CT molecular complexity index is 465. The number of aryl methyl sites for hydroxylation is 1. The minimum atomic E-state index is 0.125. The SMILES string of the molecule is Cc1ccc(C(=O)CSc2nncs2)cc1. The molecule has 2 aromatic rings. The first-order valence-electron chi connectivity index (χ1n) is 4.74. The van der Waals surface area contributed by atoms with E-state index < -0.39 is 0 Å². The molecule has 0 amide bonds. The Morgan fingerprint density at radius 1 is 1.38 bits per heavy atom. The zero-order valence-corrected chi connectivity index (χ0v) is 10.3. The third-order valence-corrected chi connectivity index (χ3v) is 3.90. The number of hydrogen-bond donors (Lipinski definition) is 0. The molecule has 0 unspecified atom stereocenters. The highest BCUT2D eigenvalue weighted by Gasteiger charge is 2.07. The van der Waals surface area contributed by atoms with Gasteiger partial charge in [-0.05, 0) is 6.92 Å². The van der Waals surface area contributed by atoms with Crippen LogP contribution < -0.4 is 0 Å². The summed E-state index contributed by atoms with van der Waals surface area (Å²) < 4.78 is 0.834. The van der Waals surface area contributed by atoms with E-state index in [4.69, 9.17) is 0 Å². The molecular formula is C11H10N2OS2. The largest absolute Gasteiger partial charge is 0.293 e. The summed E-state index contributed by atoms with van der Waals surface area (Å²) in [4.78, 5) is 11.8. The maximum atomic E-state index is 11.8. The van der Waals surface area contributed by atoms with Gasteiger partial charge in [0.05, 0.1) is 5.75 Å². The third kappa shape index (κ3) is 2.90. The minimum Gasteiger partial charge on any atom is -0.293 e. The first-order valence-corrected chi connectivity index (χ1v) is 6.61. The van der Waals surface area contributed by atoms with E-state index in [0.29, 0.717) is 5.75 Å². The Morgan fingerprint density at radius 2 is 2.12 bits per heavy atom. The molecule has 1 aromatic carbocycles. The standard InChI is InChI=1S/C11H10N2OS2/c1-8-2-4-9(5-3-8)10(14)6-15-11-13-12-7-16-11/h2-5,7H,6H2,1H3. The second-order valence-electron chi connectivity index (χ2n) is 3.28. The quantitative estimate of drug-likeness (QED) is 0.618. The van der Waals surface area contributed by atoms with E-state index in [9.17, 15) is 4.79 Å². The summed E-state index contributed by atoms with van der Waals surface area (Å²) in [5.74, 6) is 0.540. The van der Waals surface area contributed by atoms with Crippen molar-refractivity contribution >= 4 is 28.9 Å². The van der Waals surface area contributed by atoms with Gasteiger partial charge in [-0.2, -0.15) is 0 Å². The average molecular weight is 250 g/mol. The lowest BCUT2D eigenvalue weighted by molar-refractivity contribution is 0.102. The molecular weight excluding hydrogens is 240 g/mol. The van der Waals surface area contributed by atoms with E-state index in [-0.39, 0.29) is 5.78 Å². The number of nitrogens with zero attached hydrogens (tertiary/aromatic N) is 2. The molecule has 0 saturated heterocycles. The van der Waals surface area contributed by atoms with E-state index in [2.05, 4.69) is 10.2 Å². The monoisotopic (exact) mass is 250 g/mol. The predicted octanol–water partition coefficient (Wildman–Crippen LogP) is 2.82. The topological polar surface area (TPSA) is 42.9 Å². The van der Waals surface area contributed by atoms with Gasteiger partial charge in [-0.15, -0.1) is 10.2 Å². The number of Topliss-reactive ketones (excluding diaryl/α,β-unsaturated/α-hetero) is 1. The first-order chi connectivity index (χ1) is 7.75. The van der Waals surface area contributed by atoms with Crippen molar-refractivity contribution in [2.24, 2.45) is 0 Å². The lowest BCUT2D eigenvalue weighted by Crippen LogP contribution is -2.01. The second kappa shape index (κ2) is 5.23. The van der Waals surface area contributed by atoms with Gasteiger partial charge in [0.25, 0.3) is 0 Å². The molecule has 2 rings (SSSR count). The highest BCUT2D eigenvalue weighted by atomic mass is 32.2. The van der Waals surface area contributed by atoms with Crippen LogP contribution in [0.3, 0.4) is 0 Å². The number of benzene rings is 1. The van der Waals surface area contributed by atoms with Gasteiger partial charge in [0.1, 0.15) is 5.51 Å². The maximum Gasteiger partial charge on any atom is 0.174 e. The van der Waals surface area contributed by atoms with E-state index >= 15 is 0 Å². The van der Waals surface area contributed by atoms with E-state index in [0.717, 1.165) is 15.5 Å². The van der Waals surface area contributed by atoms with Crippen LogP contribution in [-0.4, -0.2) is 21.7 Å². The van der Waals surface area contributed by atoms with Crippen LogP contribution in [-0.2, 0) is 0 Å². The predicted molar refractivity (Wildman–Crippen MR) is 66.1 cm³/mol. The van der Waals surface area contributed by atoms with E-state index in [1.165, 1.54) is 23.1 Å². The van der Waals surface area contributed by atoms with Gasteiger partial charge in [0.15, 0.2) is 10.1 Å². The normalized spacial score (nSPS) is 10.3. The van der Waals surface area contributed by atoms with Crippen molar-refractivity contribution in [1.82, 2.24) is 10.2 Å². The van der Waals surface area contributed by atoms with Gasteiger partial charge >= 0.3 is 0 Å². The second-order valence-corrected chi connectivity index (χ2v) is 5.34. The molecule has 0 N–H and O–H groups in total. The van der Waals surface area contributed by atoms with Crippen LogP contribution in [0.4, 0.5) is 0 Å². The van der Waals surface area contributed by atoms with Crippen molar-refractivity contribution in [2.75, 3.05) is 5.75 Å². The fourth-order valence-corrected chi connectivity index (χ4v) is 2.56. The molecule has 1 heterocycles. The number of ketones is 1. The van der Waals surface area contributed by atoms with Crippen molar-refractivity contribution in [1.29, 1.82) is 0 Å². The van der Waals surface area contributed by atoms with Crippen LogP contribution in [0.1, 0.15) is 15.9 Å². The number of aromatic nitrogens is 2. The van der Waals surface area contributed by atoms with Crippen LogP contribution >= 0.6 is 23.1 Å². The van der Waals surface area contributed by atoms with Gasteiger partial charge in [-0.1, -0.05) is 52.9 Å². The Kier molecular flexibility index (Phi) is 3.69. The molecule has 82 valence electrons. The lowest BCUT2D eigenvalue weighted by Gasteiger charge is -1.99. The van der Waals surface area contributed by atoms with Crippen LogP contribution in [0, 0.1) is 6.92 Å². The lowest BCUT2D eigenvalue weighted by atomic mass is 10.1. The zero-order valence-electron chi connectivity index (χ0n) is 8.71. The molecule has 0 aliphatic heterocycles. The first kappa shape index (κ1) is 11.3. The van der Waals surface area contributed by atoms with Gasteiger partial charge < -0.3 is 0 Å². The van der Waals surface area contributed by atoms with Crippen LogP contribution in [0.15, 0.2) is 34.1 Å². The van der Waals surface area contributed by atoms with Crippen molar-refractivity contribution in [2.45, 2.75) is 11.3 Å². The molecule has 0 fully saturated rings. The number of carbonyl (C=O) groups excluding carboxylic acids is 1. The maximum absolute atomic E-state index is 11.8. The van der Waals surface area contributed by atoms with Crippen molar-refractivity contribution in [3.63, 3.8) is 0 Å². The Labute approximate surface area is 102 Å². The summed E-state index contributed by atoms with van der Waals surface area (Å²) in [6.45, 7) is 2.00. The van der Waals surface area contributed by atoms with Crippen molar-refractivity contribution in [3.05, 3.63) is 40.9 Å². The van der Waals surface area contributed by atoms with Crippen LogP contribution in [0.25, 0.3) is 0 Å². The summed E-state index contributed by atoms with van der Waals surface area (Å²) in [5.41, 5.74) is 3.58. The molecule has 0 saturated carbocycles. The smallest absolute Gasteiger partial charge is 0.174 e. The van der Waals surface area contributed by atoms with Crippen molar-refractivity contribution in [3.8, 4) is 0 Å². The van der Waals surface area contributed by atoms with Crippen molar-refractivity contribution < 1.29 is 4.79 Å². The third-order valence-electron chi connectivity index (χ3n) is 2.04. The van der Waals surface area contributed by atoms with E-state index in [1.54, 1.807) is 5.51 Å². The van der Waals surface area contributed by atoms with Gasteiger partial charge in [-0.3, -0.25) is 4.79 Å². The number of carbonyl (C=O) groups is 1. The molecule has 0 radical (unpaired) electrons. The molecule has 0 aliphatic rings. The average Bonchev–Trinajstić information content (AvgIpc) is 2.80. The Hall–Kier alpha value is -1.20. The summed E-state index contributed by atoms with van der Waals surface area (Å²) in [6.07, 6.45) is 0. The molecule has 0 spiro atoms. The van der Waals surface area contributed by atoms with Gasteiger partial charge in [-0.25, -0.2) is 0 Å². The van der Waals surface area contributed by atoms with Crippen LogP contribution in [0.2, 0.25) is 0 Å². The highest BCUT2D eigenvalue weighted by Crippen LogP contribution is 2.20. The molecule has 16 heavy (non-hydrogen) atoms. The molecule has 5 heteroatoms. The minimum absolute atomic E-state index is 0.125. The fraction of sp³-hybridized carbons (Fsp3) is 0.182. The Morgan fingerprint density at radius 3 is 2.75 bits per heavy atom. The van der Waals surface area contributed by atoms with Gasteiger partial charge in [0, 0.05) is 5.56 Å². The fourth-order valence-electron chi connectivity index (χ4n) is 1.18. The van der Waals surface area contributed by atoms with Gasteiger partial charge in [0.2, 0.25) is 0 Å². The van der Waals surface area contributed by atoms with E-state index in [1.807, 2.05) is 31.2 Å². The zero-order chi connectivity index (χ0) is 11.4. The molecule has 0 atom stereocenters. The number of thioether (sulfide) groups is 1. The summed E-state index contributed by atoms with van der Waals surface area (Å²) in [5, 5.41) is 7.60. The summed E-state index contributed by atoms with van der Waals surface area (Å²) in [7, 11) is 0. The number of hydrogen-bond acceptors (Lipinski definition) is 5. The summed E-state index contributed by atoms with van der Waals surface area (Å²) >= 11 is 2.88. The molecule has 0 aliphatic carbocycles. The molecule has 1 aromatic heterocycles. The number of rotatable bonds is 4. The molecule has 3 nitrogen and oxygen atoms in total.